The number of hydrogen-bond acceptors (Lipinski definition) is 3. The lowest BCUT2D eigenvalue weighted by Gasteiger charge is -2.18. The van der Waals surface area contributed by atoms with E-state index in [0.717, 1.165) is 19.1 Å². The van der Waals surface area contributed by atoms with Gasteiger partial charge < -0.3 is 4.79 Å². The number of benzene rings is 1. The largest absolute Gasteiger partial charge is 0.303 e. The fourth-order valence-electron chi connectivity index (χ4n) is 3.36. The van der Waals surface area contributed by atoms with Crippen molar-refractivity contribution >= 4 is 23.8 Å². The Balaban J connectivity index is 1.91. The quantitative estimate of drug-likeness (QED) is 0.368. The molecule has 0 N–H and O–H groups in total. The summed E-state index contributed by atoms with van der Waals surface area (Å²) >= 11 is 0. The highest BCUT2D eigenvalue weighted by molar-refractivity contribution is 6.21. The molecule has 4 heteroatoms. The fourth-order valence-corrected chi connectivity index (χ4v) is 3.36. The molecule has 0 radical (unpaired) electrons. The van der Waals surface area contributed by atoms with E-state index in [1.54, 1.807) is 24.3 Å². The highest BCUT2D eigenvalue weighted by Crippen LogP contribution is 2.32. The lowest BCUT2D eigenvalue weighted by Crippen LogP contribution is -2.32. The molecule has 1 aliphatic rings. The van der Waals surface area contributed by atoms with Crippen LogP contribution in [0.2, 0.25) is 0 Å². The predicted octanol–water partition coefficient (Wildman–Crippen LogP) is 4.13. The summed E-state index contributed by atoms with van der Waals surface area (Å²) < 4.78 is 0. The second-order valence-corrected chi connectivity index (χ2v) is 6.57. The van der Waals surface area contributed by atoms with Crippen LogP contribution >= 0.6 is 0 Å². The number of amides is 2. The maximum Gasteiger partial charge on any atom is 0.238 e. The predicted molar refractivity (Wildman–Crippen MR) is 94.6 cm³/mol. The Labute approximate surface area is 144 Å². The van der Waals surface area contributed by atoms with Gasteiger partial charge in [0.05, 0.1) is 11.6 Å². The Morgan fingerprint density at radius 3 is 2.42 bits per heavy atom. The zero-order valence-electron chi connectivity index (χ0n) is 14.4. The molecule has 2 atom stereocenters. The van der Waals surface area contributed by atoms with Crippen LogP contribution in [0.4, 0.5) is 5.69 Å². The third-order valence-corrected chi connectivity index (χ3v) is 4.78. The van der Waals surface area contributed by atoms with E-state index in [9.17, 15) is 14.4 Å². The molecule has 1 aliphatic heterocycles. The summed E-state index contributed by atoms with van der Waals surface area (Å²) in [6.45, 7) is 2.18. The third-order valence-electron chi connectivity index (χ3n) is 4.78. The zero-order chi connectivity index (χ0) is 17.4. The number of anilines is 1. The van der Waals surface area contributed by atoms with Crippen LogP contribution < -0.4 is 4.90 Å². The summed E-state index contributed by atoms with van der Waals surface area (Å²) in [5.41, 5.74) is 0.596. The van der Waals surface area contributed by atoms with Crippen LogP contribution in [-0.4, -0.2) is 18.1 Å². The molecule has 4 nitrogen and oxygen atoms in total. The molecule has 2 amide bonds. The topological polar surface area (TPSA) is 54.5 Å². The lowest BCUT2D eigenvalue weighted by molar-refractivity contribution is -0.125. The second kappa shape index (κ2) is 9.36. The van der Waals surface area contributed by atoms with Crippen LogP contribution in [-0.2, 0) is 14.4 Å². The van der Waals surface area contributed by atoms with Gasteiger partial charge in [0.25, 0.3) is 0 Å². The molecule has 1 saturated heterocycles. The number of aldehydes is 1. The summed E-state index contributed by atoms with van der Waals surface area (Å²) in [5, 5.41) is 0. The fraction of sp³-hybridized carbons (Fsp3) is 0.550. The monoisotopic (exact) mass is 329 g/mol. The number of nitrogens with zero attached hydrogens (tertiary/aromatic N) is 1. The smallest absolute Gasteiger partial charge is 0.238 e. The summed E-state index contributed by atoms with van der Waals surface area (Å²) in [4.78, 5) is 37.6. The van der Waals surface area contributed by atoms with E-state index in [4.69, 9.17) is 0 Å². The van der Waals surface area contributed by atoms with Gasteiger partial charge in [-0.1, -0.05) is 63.6 Å². The minimum absolute atomic E-state index is 0.146. The summed E-state index contributed by atoms with van der Waals surface area (Å²) in [6.07, 6.45) is 8.60. The van der Waals surface area contributed by atoms with Crippen LogP contribution in [0, 0.1) is 11.8 Å². The van der Waals surface area contributed by atoms with Gasteiger partial charge in [-0.15, -0.1) is 0 Å². The van der Waals surface area contributed by atoms with Crippen molar-refractivity contribution in [3.8, 4) is 0 Å². The maximum absolute atomic E-state index is 12.6. The summed E-state index contributed by atoms with van der Waals surface area (Å²) in [5.74, 6) is -1.27. The van der Waals surface area contributed by atoms with E-state index >= 15 is 0 Å². The highest BCUT2D eigenvalue weighted by Gasteiger charge is 2.43. The Kier molecular flexibility index (Phi) is 7.16. The SMILES string of the molecule is CCCCCCCC[C@@H](C=O)[C@H]1CC(=O)N(c2ccccc2)C1=O. The molecule has 2 rings (SSSR count). The average Bonchev–Trinajstić information content (AvgIpc) is 2.89. The number of carbonyl (C=O) groups is 3. The molecule has 0 bridgehead atoms. The molecular formula is C20H27NO3. The normalized spacial score (nSPS) is 18.9. The first-order valence-corrected chi connectivity index (χ1v) is 9.06. The number of rotatable bonds is 10. The first-order valence-electron chi connectivity index (χ1n) is 9.06. The van der Waals surface area contributed by atoms with Gasteiger partial charge in [0, 0.05) is 12.3 Å². The van der Waals surface area contributed by atoms with Gasteiger partial charge in [-0.2, -0.15) is 0 Å². The van der Waals surface area contributed by atoms with Gasteiger partial charge in [-0.3, -0.25) is 14.5 Å². The van der Waals surface area contributed by atoms with Gasteiger partial charge in [0.15, 0.2) is 0 Å². The molecule has 1 fully saturated rings. The van der Waals surface area contributed by atoms with Gasteiger partial charge in [-0.25, -0.2) is 0 Å². The molecule has 130 valence electrons. The number of carbonyl (C=O) groups excluding carboxylic acids is 3. The van der Waals surface area contributed by atoms with Crippen molar-refractivity contribution in [1.29, 1.82) is 0 Å². The third kappa shape index (κ3) is 4.53. The summed E-state index contributed by atoms with van der Waals surface area (Å²) in [7, 11) is 0. The van der Waals surface area contributed by atoms with E-state index < -0.39 is 5.92 Å². The van der Waals surface area contributed by atoms with Crippen LogP contribution in [0.25, 0.3) is 0 Å². The van der Waals surface area contributed by atoms with E-state index in [2.05, 4.69) is 6.92 Å². The van der Waals surface area contributed by atoms with Gasteiger partial charge >= 0.3 is 0 Å². The molecule has 1 aromatic rings. The minimum Gasteiger partial charge on any atom is -0.303 e. The summed E-state index contributed by atoms with van der Waals surface area (Å²) in [6, 6.07) is 8.95. The lowest BCUT2D eigenvalue weighted by atomic mass is 9.87. The number of imide groups is 1. The Morgan fingerprint density at radius 1 is 1.08 bits per heavy atom. The van der Waals surface area contributed by atoms with Crippen molar-refractivity contribution in [3.63, 3.8) is 0 Å². The molecule has 1 aromatic carbocycles. The van der Waals surface area contributed by atoms with E-state index in [1.807, 2.05) is 6.07 Å². The minimum atomic E-state index is -0.495. The first kappa shape index (κ1) is 18.4. The van der Waals surface area contributed by atoms with Crippen LogP contribution in [0.15, 0.2) is 30.3 Å². The molecular weight excluding hydrogens is 302 g/mol. The van der Waals surface area contributed by atoms with Gasteiger partial charge in [0.1, 0.15) is 6.29 Å². The van der Waals surface area contributed by atoms with Crippen LogP contribution in [0.3, 0.4) is 0 Å². The zero-order valence-corrected chi connectivity index (χ0v) is 14.4. The van der Waals surface area contributed by atoms with Crippen molar-refractivity contribution < 1.29 is 14.4 Å². The van der Waals surface area contributed by atoms with Gasteiger partial charge in [-0.05, 0) is 18.6 Å². The highest BCUT2D eigenvalue weighted by atomic mass is 16.2. The molecule has 0 aliphatic carbocycles. The molecule has 0 aromatic heterocycles. The molecule has 24 heavy (non-hydrogen) atoms. The molecule has 0 spiro atoms. The molecule has 1 heterocycles. The maximum atomic E-state index is 12.6. The van der Waals surface area contributed by atoms with Gasteiger partial charge in [0.2, 0.25) is 11.8 Å². The molecule has 0 unspecified atom stereocenters. The molecule has 0 saturated carbocycles. The second-order valence-electron chi connectivity index (χ2n) is 6.57. The van der Waals surface area contributed by atoms with Crippen molar-refractivity contribution in [2.75, 3.05) is 4.90 Å². The van der Waals surface area contributed by atoms with E-state index in [-0.39, 0.29) is 24.2 Å². The standard InChI is InChI=1S/C20H27NO3/c1-2-3-4-5-6-8-11-16(15-22)18-14-19(23)21(20(18)24)17-12-9-7-10-13-17/h7,9-10,12-13,15-16,18H,2-6,8,11,14H2,1H3/t16-,18+/m0/s1. The number of para-hydroxylation sites is 1. The van der Waals surface area contributed by atoms with Crippen molar-refractivity contribution in [2.45, 2.75) is 58.3 Å². The van der Waals surface area contributed by atoms with Crippen molar-refractivity contribution in [3.05, 3.63) is 30.3 Å². The van der Waals surface area contributed by atoms with E-state index in [0.29, 0.717) is 12.1 Å². The van der Waals surface area contributed by atoms with Crippen LogP contribution in [0.5, 0.6) is 0 Å². The Bertz CT molecular complexity index is 555. The Hall–Kier alpha value is -1.97. The van der Waals surface area contributed by atoms with Crippen molar-refractivity contribution in [2.24, 2.45) is 11.8 Å². The number of unbranched alkanes of at least 4 members (excludes halogenated alkanes) is 5. The average molecular weight is 329 g/mol. The van der Waals surface area contributed by atoms with E-state index in [1.165, 1.54) is 30.6 Å². The number of hydrogen-bond donors (Lipinski definition) is 0. The van der Waals surface area contributed by atoms with Crippen molar-refractivity contribution in [1.82, 2.24) is 0 Å². The first-order chi connectivity index (χ1) is 11.7. The van der Waals surface area contributed by atoms with Crippen LogP contribution in [0.1, 0.15) is 58.3 Å². The Morgan fingerprint density at radius 2 is 1.75 bits per heavy atom.